The van der Waals surface area contributed by atoms with E-state index in [2.05, 4.69) is 41.5 Å². The van der Waals surface area contributed by atoms with Gasteiger partial charge in [0.1, 0.15) is 12.2 Å². The van der Waals surface area contributed by atoms with Gasteiger partial charge in [0.05, 0.1) is 19.8 Å². The molecule has 0 aromatic heterocycles. The number of aldehydes is 1. The van der Waals surface area contributed by atoms with Gasteiger partial charge in [-0.25, -0.2) is 0 Å². The van der Waals surface area contributed by atoms with Crippen molar-refractivity contribution in [1.82, 2.24) is 0 Å². The zero-order valence-electron chi connectivity index (χ0n) is 20.5. The van der Waals surface area contributed by atoms with Gasteiger partial charge in [-0.1, -0.05) is 102 Å². The first-order chi connectivity index (χ1) is 15.3. The molecule has 0 spiro atoms. The molecule has 0 unspecified atom stereocenters. The zero-order chi connectivity index (χ0) is 23.6. The minimum Gasteiger partial charge on any atom is -0.413 e. The highest BCUT2D eigenvalue weighted by molar-refractivity contribution is 6.77. The van der Waals surface area contributed by atoms with Crippen molar-refractivity contribution < 1.29 is 18.7 Å². The molecule has 0 aliphatic heterocycles. The Morgan fingerprint density at radius 2 is 1.16 bits per heavy atom. The average Bonchev–Trinajstić information content (AvgIpc) is 2.78. The Morgan fingerprint density at radius 3 is 1.56 bits per heavy atom. The maximum Gasteiger partial charge on any atom is 0.200 e. The summed E-state index contributed by atoms with van der Waals surface area (Å²) in [5.74, 6) is 0. The highest BCUT2D eigenvalue weighted by atomic mass is 28.4. The number of carbonyl (C=O) groups is 1. The number of hydrogen-bond acceptors (Lipinski definition) is 4. The smallest absolute Gasteiger partial charge is 0.200 e. The predicted molar refractivity (Wildman–Crippen MR) is 133 cm³/mol. The monoisotopic (exact) mass is 456 g/mol. The Kier molecular flexibility index (Phi) is 10.8. The van der Waals surface area contributed by atoms with Crippen LogP contribution in [0, 0.1) is 0 Å². The molecule has 0 aliphatic carbocycles. The second-order valence-corrected chi connectivity index (χ2v) is 14.8. The summed E-state index contributed by atoms with van der Waals surface area (Å²) < 4.78 is 19.0. The second-order valence-electron chi connectivity index (χ2n) is 9.36. The molecule has 0 N–H and O–H groups in total. The van der Waals surface area contributed by atoms with E-state index in [-0.39, 0.29) is 0 Å². The second kappa shape index (κ2) is 13.0. The standard InChI is InChI=1S/C27H40O4Si/c1-21(2)32(22(3)4,23(5)6)31-20-27(30-19-25-15-11-8-12-16-25)26(17-28)29-18-24-13-9-7-10-14-24/h7-17,21-23,26-27H,18-20H2,1-6H3/t26-,27-/m1/s1. The number of hydrogen-bond donors (Lipinski definition) is 0. The molecule has 2 aromatic rings. The summed E-state index contributed by atoms with van der Waals surface area (Å²) in [5, 5.41) is 0. The van der Waals surface area contributed by atoms with Crippen molar-refractivity contribution in [2.75, 3.05) is 6.61 Å². The summed E-state index contributed by atoms with van der Waals surface area (Å²) in [6.07, 6.45) is -0.317. The third-order valence-corrected chi connectivity index (χ3v) is 12.4. The third-order valence-electron chi connectivity index (χ3n) is 6.30. The van der Waals surface area contributed by atoms with E-state index in [1.54, 1.807) is 0 Å². The number of carbonyl (C=O) groups excluding carboxylic acids is 1. The van der Waals surface area contributed by atoms with Crippen molar-refractivity contribution >= 4 is 14.6 Å². The quantitative estimate of drug-likeness (QED) is 0.239. The molecule has 32 heavy (non-hydrogen) atoms. The van der Waals surface area contributed by atoms with E-state index in [9.17, 15) is 4.79 Å². The van der Waals surface area contributed by atoms with Gasteiger partial charge in [-0.3, -0.25) is 0 Å². The van der Waals surface area contributed by atoms with Gasteiger partial charge in [-0.05, 0) is 27.8 Å². The van der Waals surface area contributed by atoms with Crippen LogP contribution in [0.3, 0.4) is 0 Å². The topological polar surface area (TPSA) is 44.8 Å². The van der Waals surface area contributed by atoms with Crippen molar-refractivity contribution in [3.8, 4) is 0 Å². The Hall–Kier alpha value is -1.79. The Balaban J connectivity index is 2.18. The Labute approximate surface area is 195 Å². The first-order valence-corrected chi connectivity index (χ1v) is 13.9. The van der Waals surface area contributed by atoms with Crippen molar-refractivity contribution in [1.29, 1.82) is 0 Å². The predicted octanol–water partition coefficient (Wildman–Crippen LogP) is 6.55. The van der Waals surface area contributed by atoms with Crippen LogP contribution in [0.15, 0.2) is 60.7 Å². The Morgan fingerprint density at radius 1 is 0.719 bits per heavy atom. The summed E-state index contributed by atoms with van der Waals surface area (Å²) in [4.78, 5) is 12.1. The maximum absolute atomic E-state index is 12.1. The molecule has 0 aliphatic rings. The highest BCUT2D eigenvalue weighted by Gasteiger charge is 2.45. The van der Waals surface area contributed by atoms with E-state index >= 15 is 0 Å². The van der Waals surface area contributed by atoms with Crippen LogP contribution < -0.4 is 0 Å². The number of benzene rings is 2. The van der Waals surface area contributed by atoms with Crippen LogP contribution in [0.25, 0.3) is 0 Å². The van der Waals surface area contributed by atoms with E-state index in [1.807, 2.05) is 60.7 Å². The normalized spacial score (nSPS) is 14.2. The number of ether oxygens (including phenoxy) is 2. The third kappa shape index (κ3) is 7.11. The van der Waals surface area contributed by atoms with E-state index in [4.69, 9.17) is 13.9 Å². The molecule has 0 saturated heterocycles. The van der Waals surface area contributed by atoms with Crippen LogP contribution in [-0.2, 0) is 31.9 Å². The SMILES string of the molecule is CC(C)[Si](OC[C@@H](OCc1ccccc1)[C@@H](C=O)OCc1ccccc1)(C(C)C)C(C)C. The van der Waals surface area contributed by atoms with Crippen molar-refractivity contribution in [3.63, 3.8) is 0 Å². The van der Waals surface area contributed by atoms with Gasteiger partial charge in [-0.15, -0.1) is 0 Å². The lowest BCUT2D eigenvalue weighted by Gasteiger charge is -2.43. The Bertz CT molecular complexity index is 755. The van der Waals surface area contributed by atoms with Gasteiger partial charge in [0.25, 0.3) is 0 Å². The molecule has 5 heteroatoms. The van der Waals surface area contributed by atoms with Crippen molar-refractivity contribution in [2.24, 2.45) is 0 Å². The lowest BCUT2D eigenvalue weighted by molar-refractivity contribution is -0.137. The molecule has 176 valence electrons. The van der Waals surface area contributed by atoms with E-state index in [0.717, 1.165) is 17.4 Å². The summed E-state index contributed by atoms with van der Waals surface area (Å²) >= 11 is 0. The summed E-state index contributed by atoms with van der Waals surface area (Å²) in [6.45, 7) is 14.7. The molecule has 0 saturated carbocycles. The summed E-state index contributed by atoms with van der Waals surface area (Å²) in [6, 6.07) is 19.9. The van der Waals surface area contributed by atoms with Crippen LogP contribution in [-0.4, -0.2) is 33.4 Å². The molecular weight excluding hydrogens is 416 g/mol. The van der Waals surface area contributed by atoms with Gasteiger partial charge in [0.2, 0.25) is 0 Å². The minimum atomic E-state index is -2.10. The van der Waals surface area contributed by atoms with Crippen molar-refractivity contribution in [3.05, 3.63) is 71.8 Å². The molecule has 4 nitrogen and oxygen atoms in total. The van der Waals surface area contributed by atoms with Crippen LogP contribution in [0.1, 0.15) is 52.7 Å². The largest absolute Gasteiger partial charge is 0.413 e. The van der Waals surface area contributed by atoms with Crippen LogP contribution in [0.5, 0.6) is 0 Å². The van der Waals surface area contributed by atoms with E-state index in [1.165, 1.54) is 0 Å². The minimum absolute atomic E-state index is 0.353. The van der Waals surface area contributed by atoms with Crippen LogP contribution in [0.2, 0.25) is 16.6 Å². The molecule has 2 atom stereocenters. The fourth-order valence-corrected chi connectivity index (χ4v) is 10.2. The van der Waals surface area contributed by atoms with E-state index < -0.39 is 20.5 Å². The summed E-state index contributed by atoms with van der Waals surface area (Å²) in [7, 11) is -2.10. The molecule has 0 heterocycles. The fourth-order valence-electron chi connectivity index (χ4n) is 4.74. The summed E-state index contributed by atoms with van der Waals surface area (Å²) in [5.41, 5.74) is 3.45. The lowest BCUT2D eigenvalue weighted by Crippen LogP contribution is -2.50. The van der Waals surface area contributed by atoms with Gasteiger partial charge < -0.3 is 18.7 Å². The van der Waals surface area contributed by atoms with Gasteiger partial charge >= 0.3 is 0 Å². The molecule has 0 bridgehead atoms. The first kappa shape index (κ1) is 26.5. The van der Waals surface area contributed by atoms with Crippen molar-refractivity contribution in [2.45, 2.75) is 83.6 Å². The average molecular weight is 457 g/mol. The lowest BCUT2D eigenvalue weighted by atomic mass is 10.2. The fraction of sp³-hybridized carbons (Fsp3) is 0.519. The first-order valence-electron chi connectivity index (χ1n) is 11.7. The van der Waals surface area contributed by atoms with Gasteiger partial charge in [-0.2, -0.15) is 0 Å². The van der Waals surface area contributed by atoms with E-state index in [0.29, 0.717) is 36.4 Å². The molecule has 0 amide bonds. The molecule has 0 fully saturated rings. The molecule has 0 radical (unpaired) electrons. The van der Waals surface area contributed by atoms with Crippen LogP contribution >= 0.6 is 0 Å². The zero-order valence-corrected chi connectivity index (χ0v) is 21.5. The van der Waals surface area contributed by atoms with Gasteiger partial charge in [0.15, 0.2) is 14.6 Å². The molecule has 2 rings (SSSR count). The highest BCUT2D eigenvalue weighted by Crippen LogP contribution is 2.42. The molecule has 2 aromatic carbocycles. The number of rotatable bonds is 14. The van der Waals surface area contributed by atoms with Crippen LogP contribution in [0.4, 0.5) is 0 Å². The maximum atomic E-state index is 12.1. The van der Waals surface area contributed by atoms with Gasteiger partial charge in [0, 0.05) is 0 Å². The molecular formula is C27H40O4Si.